The molecular formula is C25H44O11. The van der Waals surface area contributed by atoms with Gasteiger partial charge in [0.25, 0.3) is 0 Å². The summed E-state index contributed by atoms with van der Waals surface area (Å²) in [6.07, 6.45) is 0. The van der Waals surface area contributed by atoms with E-state index in [2.05, 4.69) is 0 Å². The topological polar surface area (TPSA) is 142 Å². The van der Waals surface area contributed by atoms with E-state index in [-0.39, 0.29) is 102 Å². The van der Waals surface area contributed by atoms with E-state index in [0.717, 1.165) is 0 Å². The summed E-state index contributed by atoms with van der Waals surface area (Å²) in [7, 11) is 0. The van der Waals surface area contributed by atoms with Crippen molar-refractivity contribution in [2.75, 3.05) is 79.3 Å². The molecule has 36 heavy (non-hydrogen) atoms. The summed E-state index contributed by atoms with van der Waals surface area (Å²) in [6.45, 7) is 10.6. The van der Waals surface area contributed by atoms with Crippen LogP contribution in [0.4, 0.5) is 0 Å². The summed E-state index contributed by atoms with van der Waals surface area (Å²) >= 11 is 0. The van der Waals surface area contributed by atoms with Gasteiger partial charge < -0.3 is 48.5 Å². The van der Waals surface area contributed by atoms with Crippen molar-refractivity contribution < 1.29 is 53.3 Å². The van der Waals surface area contributed by atoms with E-state index in [1.54, 1.807) is 20.8 Å². The molecule has 210 valence electrons. The molecule has 1 rings (SSSR count). The zero-order valence-electron chi connectivity index (χ0n) is 22.2. The molecular weight excluding hydrogens is 476 g/mol. The Labute approximate surface area is 214 Å². The van der Waals surface area contributed by atoms with Crippen molar-refractivity contribution in [2.24, 2.45) is 0 Å². The van der Waals surface area contributed by atoms with Gasteiger partial charge in [-0.3, -0.25) is 0 Å². The van der Waals surface area contributed by atoms with Gasteiger partial charge in [0.1, 0.15) is 25.4 Å². The molecule has 0 saturated carbocycles. The van der Waals surface area contributed by atoms with Crippen molar-refractivity contribution in [1.82, 2.24) is 0 Å². The highest BCUT2D eigenvalue weighted by Gasteiger charge is 2.23. The molecule has 0 saturated heterocycles. The fourth-order valence-electron chi connectivity index (χ4n) is 2.51. The predicted octanol–water partition coefficient (Wildman–Crippen LogP) is 1.83. The summed E-state index contributed by atoms with van der Waals surface area (Å²) in [6, 6.07) is 3.00. The van der Waals surface area contributed by atoms with Crippen LogP contribution in [0.3, 0.4) is 0 Å². The molecule has 0 aromatic heterocycles. The summed E-state index contributed by atoms with van der Waals surface area (Å²) < 4.78 is 38.6. The molecule has 0 aliphatic rings. The lowest BCUT2D eigenvalue weighted by Gasteiger charge is -2.21. The number of carbonyl (C=O) groups is 1. The average Bonchev–Trinajstić information content (AvgIpc) is 2.84. The van der Waals surface area contributed by atoms with Crippen molar-refractivity contribution in [3.05, 3.63) is 17.7 Å². The normalized spacial score (nSPS) is 10.9. The van der Waals surface area contributed by atoms with Crippen LogP contribution in [0.1, 0.15) is 45.0 Å². The first-order valence-corrected chi connectivity index (χ1v) is 12.2. The lowest BCUT2D eigenvalue weighted by molar-refractivity contribution is 0.00680. The van der Waals surface area contributed by atoms with E-state index in [9.17, 15) is 4.79 Å². The van der Waals surface area contributed by atoms with Gasteiger partial charge in [-0.15, -0.1) is 0 Å². The minimum Gasteiger partial charge on any atom is -0.487 e. The number of hydrogen-bond donors (Lipinski definition) is 3. The third-order valence-corrected chi connectivity index (χ3v) is 3.81. The third-order valence-electron chi connectivity index (χ3n) is 3.81. The SMILES string of the molecule is CC.CC(C)(C)OC(=O)c1cc(OCCOCCO)c(OCCOCCO)c(OCCOCCO)c1. The van der Waals surface area contributed by atoms with Gasteiger partial charge in [-0.05, 0) is 32.9 Å². The number of ether oxygens (including phenoxy) is 7. The molecule has 0 heterocycles. The molecule has 0 aliphatic heterocycles. The summed E-state index contributed by atoms with van der Waals surface area (Å²) in [5, 5.41) is 26.5. The van der Waals surface area contributed by atoms with Crippen LogP contribution in [0.15, 0.2) is 12.1 Å². The lowest BCUT2D eigenvalue weighted by Crippen LogP contribution is -2.24. The van der Waals surface area contributed by atoms with E-state index >= 15 is 0 Å². The second kappa shape index (κ2) is 21.0. The van der Waals surface area contributed by atoms with Gasteiger partial charge in [0, 0.05) is 0 Å². The molecule has 0 aliphatic carbocycles. The highest BCUT2D eigenvalue weighted by Crippen LogP contribution is 2.39. The van der Waals surface area contributed by atoms with Crippen LogP contribution >= 0.6 is 0 Å². The van der Waals surface area contributed by atoms with Gasteiger partial charge in [0.15, 0.2) is 11.5 Å². The van der Waals surface area contributed by atoms with Crippen molar-refractivity contribution in [3.8, 4) is 17.2 Å². The predicted molar refractivity (Wildman–Crippen MR) is 133 cm³/mol. The highest BCUT2D eigenvalue weighted by molar-refractivity contribution is 5.91. The van der Waals surface area contributed by atoms with Gasteiger partial charge in [-0.25, -0.2) is 4.79 Å². The maximum atomic E-state index is 12.7. The number of rotatable bonds is 19. The average molecular weight is 521 g/mol. The van der Waals surface area contributed by atoms with Gasteiger partial charge in [0.05, 0.1) is 65.0 Å². The standard InChI is InChI=1S/C23H38O11.C2H6/c1-23(2,3)34-22(27)18-16-19(31-13-10-28-7-4-24)21(33-15-12-30-9-6-26)20(17-18)32-14-11-29-8-5-25;1-2/h16-17,24-26H,4-15H2,1-3H3;1-2H3. The first kappa shape index (κ1) is 33.8. The Balaban J connectivity index is 0.00000596. The second-order valence-corrected chi connectivity index (χ2v) is 7.86. The van der Waals surface area contributed by atoms with E-state index in [1.165, 1.54) is 12.1 Å². The van der Waals surface area contributed by atoms with Crippen molar-refractivity contribution in [3.63, 3.8) is 0 Å². The molecule has 1 aromatic rings. The number of esters is 1. The van der Waals surface area contributed by atoms with E-state index < -0.39 is 11.6 Å². The van der Waals surface area contributed by atoms with Crippen LogP contribution in [0, 0.1) is 0 Å². The number of carbonyl (C=O) groups excluding carboxylic acids is 1. The van der Waals surface area contributed by atoms with Crippen molar-refractivity contribution in [2.45, 2.75) is 40.2 Å². The monoisotopic (exact) mass is 520 g/mol. The molecule has 0 bridgehead atoms. The number of aliphatic hydroxyl groups excluding tert-OH is 3. The van der Waals surface area contributed by atoms with E-state index in [0.29, 0.717) is 0 Å². The molecule has 0 fully saturated rings. The second-order valence-electron chi connectivity index (χ2n) is 7.86. The van der Waals surface area contributed by atoms with Crippen LogP contribution in [0.2, 0.25) is 0 Å². The van der Waals surface area contributed by atoms with Crippen LogP contribution in [0.25, 0.3) is 0 Å². The fourth-order valence-corrected chi connectivity index (χ4v) is 2.51. The van der Waals surface area contributed by atoms with Crippen LogP contribution < -0.4 is 14.2 Å². The van der Waals surface area contributed by atoms with E-state index in [4.69, 9.17) is 48.5 Å². The lowest BCUT2D eigenvalue weighted by atomic mass is 10.1. The molecule has 3 N–H and O–H groups in total. The molecule has 11 nitrogen and oxygen atoms in total. The minimum absolute atomic E-state index is 0.102. The molecule has 1 aromatic carbocycles. The van der Waals surface area contributed by atoms with Gasteiger partial charge in [-0.1, -0.05) is 13.8 Å². The number of benzene rings is 1. The Morgan fingerprint density at radius 2 is 1.06 bits per heavy atom. The summed E-state index contributed by atoms with van der Waals surface area (Å²) in [5.74, 6) is 0.172. The summed E-state index contributed by atoms with van der Waals surface area (Å²) in [5.41, 5.74) is -0.495. The number of aliphatic hydroxyl groups is 3. The Kier molecular flexibility index (Phi) is 19.7. The van der Waals surface area contributed by atoms with Gasteiger partial charge in [0.2, 0.25) is 5.75 Å². The smallest absolute Gasteiger partial charge is 0.338 e. The summed E-state index contributed by atoms with van der Waals surface area (Å²) in [4.78, 5) is 12.7. The Bertz CT molecular complexity index is 654. The number of hydrogen-bond acceptors (Lipinski definition) is 11. The van der Waals surface area contributed by atoms with Crippen molar-refractivity contribution in [1.29, 1.82) is 0 Å². The molecule has 11 heteroatoms. The Hall–Kier alpha value is -2.15. The van der Waals surface area contributed by atoms with Gasteiger partial charge >= 0.3 is 5.97 Å². The first-order chi connectivity index (χ1) is 17.3. The zero-order chi connectivity index (χ0) is 27.2. The molecule has 0 spiro atoms. The zero-order valence-corrected chi connectivity index (χ0v) is 22.2. The van der Waals surface area contributed by atoms with E-state index in [1.807, 2.05) is 13.8 Å². The molecule has 0 atom stereocenters. The van der Waals surface area contributed by atoms with Crippen LogP contribution in [-0.2, 0) is 18.9 Å². The fraction of sp³-hybridized carbons (Fsp3) is 0.720. The van der Waals surface area contributed by atoms with Gasteiger partial charge in [-0.2, -0.15) is 0 Å². The minimum atomic E-state index is -0.700. The highest BCUT2D eigenvalue weighted by atomic mass is 16.6. The maximum absolute atomic E-state index is 12.7. The van der Waals surface area contributed by atoms with Crippen LogP contribution in [0.5, 0.6) is 17.2 Å². The van der Waals surface area contributed by atoms with Crippen LogP contribution in [-0.4, -0.2) is 106 Å². The molecule has 0 radical (unpaired) electrons. The first-order valence-electron chi connectivity index (χ1n) is 12.2. The Morgan fingerprint density at radius 1 is 0.667 bits per heavy atom. The Morgan fingerprint density at radius 3 is 1.42 bits per heavy atom. The molecule has 0 unspecified atom stereocenters. The van der Waals surface area contributed by atoms with Crippen molar-refractivity contribution >= 4 is 5.97 Å². The third kappa shape index (κ3) is 15.8. The molecule has 0 amide bonds. The maximum Gasteiger partial charge on any atom is 0.338 e. The largest absolute Gasteiger partial charge is 0.487 e. The quantitative estimate of drug-likeness (QED) is 0.182.